The van der Waals surface area contributed by atoms with Crippen LogP contribution in [-0.2, 0) is 28.6 Å². The predicted octanol–water partition coefficient (Wildman–Crippen LogP) is 23.9. The Morgan fingerprint density at radius 3 is 0.718 bits per heavy atom. The molecule has 0 amide bonds. The fraction of sp³-hybridized carbons (Fsp3) is 0.875. The first-order chi connectivity index (χ1) is 38.5. The lowest BCUT2D eigenvalue weighted by Gasteiger charge is -2.18. The third kappa shape index (κ3) is 64.5. The molecule has 78 heavy (non-hydrogen) atoms. The van der Waals surface area contributed by atoms with Crippen molar-refractivity contribution in [2.24, 2.45) is 0 Å². The summed E-state index contributed by atoms with van der Waals surface area (Å²) < 4.78 is 17.0. The Hall–Kier alpha value is -2.37. The van der Waals surface area contributed by atoms with Crippen LogP contribution < -0.4 is 0 Å². The van der Waals surface area contributed by atoms with E-state index in [2.05, 4.69) is 57.2 Å². The lowest BCUT2D eigenvalue weighted by Crippen LogP contribution is -2.30. The molecule has 0 saturated heterocycles. The van der Waals surface area contributed by atoms with Gasteiger partial charge in [-0.15, -0.1) is 0 Å². The minimum absolute atomic E-state index is 0.0652. The molecule has 0 bridgehead atoms. The molecule has 0 radical (unpaired) electrons. The van der Waals surface area contributed by atoms with E-state index in [-0.39, 0.29) is 31.1 Å². The van der Waals surface area contributed by atoms with Gasteiger partial charge in [0.25, 0.3) is 0 Å². The Morgan fingerprint density at radius 2 is 0.462 bits per heavy atom. The zero-order valence-electron chi connectivity index (χ0n) is 52.7. The topological polar surface area (TPSA) is 78.9 Å². The van der Waals surface area contributed by atoms with Crippen molar-refractivity contribution >= 4 is 17.9 Å². The Bertz CT molecular complexity index is 1300. The van der Waals surface area contributed by atoms with E-state index in [1.165, 1.54) is 276 Å². The zero-order valence-corrected chi connectivity index (χ0v) is 52.7. The summed E-state index contributed by atoms with van der Waals surface area (Å²) in [6.07, 6.45) is 83.1. The molecule has 0 aromatic rings. The number of unbranched alkanes of at least 4 members (excludes halogenated alkanes) is 48. The maximum atomic E-state index is 12.9. The number of allylic oxidation sites excluding steroid dienone is 6. The van der Waals surface area contributed by atoms with E-state index >= 15 is 0 Å². The van der Waals surface area contributed by atoms with E-state index in [1.807, 2.05) is 0 Å². The van der Waals surface area contributed by atoms with Crippen molar-refractivity contribution in [3.63, 3.8) is 0 Å². The van der Waals surface area contributed by atoms with E-state index in [0.29, 0.717) is 19.3 Å². The summed E-state index contributed by atoms with van der Waals surface area (Å²) in [6.45, 7) is 6.70. The standard InChI is InChI=1S/C72H134O6/c1-4-7-10-13-16-19-22-25-27-29-31-32-33-34-35-36-37-38-39-40-41-43-44-47-50-53-56-59-62-65-71(74)77-68-69(67-76-70(73)64-61-58-55-52-49-46-24-21-18-15-12-9-6-3)78-72(75)66-63-60-57-54-51-48-45-42-30-28-26-23-20-17-14-11-8-5-2/h22,25,29,31,33-34,69H,4-21,23-24,26-28,30,32,35-68H2,1-3H3/b25-22-,31-29-,34-33-. The fourth-order valence-corrected chi connectivity index (χ4v) is 10.6. The Balaban J connectivity index is 4.19. The van der Waals surface area contributed by atoms with Crippen molar-refractivity contribution in [3.05, 3.63) is 36.5 Å². The van der Waals surface area contributed by atoms with Crippen LogP contribution in [0.15, 0.2) is 36.5 Å². The highest BCUT2D eigenvalue weighted by atomic mass is 16.6. The average molecular weight is 1100 g/mol. The molecule has 0 saturated carbocycles. The number of hydrogen-bond donors (Lipinski definition) is 0. The van der Waals surface area contributed by atoms with E-state index in [4.69, 9.17) is 14.2 Å². The van der Waals surface area contributed by atoms with Gasteiger partial charge in [0.1, 0.15) is 13.2 Å². The van der Waals surface area contributed by atoms with Gasteiger partial charge >= 0.3 is 17.9 Å². The monoisotopic (exact) mass is 1100 g/mol. The molecule has 6 heteroatoms. The number of hydrogen-bond acceptors (Lipinski definition) is 6. The maximum absolute atomic E-state index is 12.9. The molecular formula is C72H134O6. The number of ether oxygens (including phenoxy) is 3. The van der Waals surface area contributed by atoms with E-state index in [0.717, 1.165) is 70.6 Å². The molecule has 458 valence electrons. The van der Waals surface area contributed by atoms with Crippen molar-refractivity contribution < 1.29 is 28.6 Å². The average Bonchev–Trinajstić information content (AvgIpc) is 3.44. The van der Waals surface area contributed by atoms with Crippen LogP contribution in [0.4, 0.5) is 0 Å². The molecule has 0 aliphatic carbocycles. The molecule has 0 aliphatic rings. The largest absolute Gasteiger partial charge is 0.462 e. The highest BCUT2D eigenvalue weighted by Gasteiger charge is 2.19. The first kappa shape index (κ1) is 75.6. The van der Waals surface area contributed by atoms with Crippen molar-refractivity contribution in [2.75, 3.05) is 13.2 Å². The van der Waals surface area contributed by atoms with Gasteiger partial charge in [0.2, 0.25) is 0 Å². The van der Waals surface area contributed by atoms with Gasteiger partial charge in [-0.25, -0.2) is 0 Å². The zero-order chi connectivity index (χ0) is 56.4. The Labute approximate surface area is 486 Å². The summed E-state index contributed by atoms with van der Waals surface area (Å²) in [7, 11) is 0. The molecule has 0 aliphatic heterocycles. The quantitative estimate of drug-likeness (QED) is 0.0261. The summed E-state index contributed by atoms with van der Waals surface area (Å²) in [6, 6.07) is 0. The second-order valence-electron chi connectivity index (χ2n) is 23.8. The van der Waals surface area contributed by atoms with Gasteiger partial charge in [0, 0.05) is 19.3 Å². The van der Waals surface area contributed by atoms with Crippen LogP contribution >= 0.6 is 0 Å². The van der Waals surface area contributed by atoms with Crippen LogP contribution in [-0.4, -0.2) is 37.2 Å². The molecule has 6 nitrogen and oxygen atoms in total. The maximum Gasteiger partial charge on any atom is 0.306 e. The number of rotatable bonds is 65. The van der Waals surface area contributed by atoms with Gasteiger partial charge in [-0.1, -0.05) is 346 Å². The van der Waals surface area contributed by atoms with E-state index in [1.54, 1.807) is 0 Å². The smallest absolute Gasteiger partial charge is 0.306 e. The number of esters is 3. The fourth-order valence-electron chi connectivity index (χ4n) is 10.6. The van der Waals surface area contributed by atoms with E-state index in [9.17, 15) is 14.4 Å². The van der Waals surface area contributed by atoms with Gasteiger partial charge in [-0.05, 0) is 57.8 Å². The Kier molecular flexibility index (Phi) is 65.1. The van der Waals surface area contributed by atoms with Gasteiger partial charge < -0.3 is 14.2 Å². The third-order valence-electron chi connectivity index (χ3n) is 15.9. The van der Waals surface area contributed by atoms with E-state index < -0.39 is 6.10 Å². The van der Waals surface area contributed by atoms with Crippen LogP contribution in [0, 0.1) is 0 Å². The van der Waals surface area contributed by atoms with Gasteiger partial charge in [-0.3, -0.25) is 14.4 Å². The summed E-state index contributed by atoms with van der Waals surface area (Å²) >= 11 is 0. The first-order valence-electron chi connectivity index (χ1n) is 35.0. The molecule has 0 spiro atoms. The molecule has 0 fully saturated rings. The summed E-state index contributed by atoms with van der Waals surface area (Å²) in [5.74, 6) is -0.836. The number of carbonyl (C=O) groups excluding carboxylic acids is 3. The molecule has 0 heterocycles. The third-order valence-corrected chi connectivity index (χ3v) is 15.9. The molecule has 0 rings (SSSR count). The molecule has 0 N–H and O–H groups in total. The van der Waals surface area contributed by atoms with Crippen molar-refractivity contribution in [2.45, 2.75) is 393 Å². The minimum atomic E-state index is -0.768. The highest BCUT2D eigenvalue weighted by Crippen LogP contribution is 2.18. The first-order valence-corrected chi connectivity index (χ1v) is 35.0. The summed E-state index contributed by atoms with van der Waals surface area (Å²) in [5, 5.41) is 0. The number of carbonyl (C=O) groups is 3. The molecule has 1 unspecified atom stereocenters. The molecule has 0 aromatic carbocycles. The highest BCUT2D eigenvalue weighted by molar-refractivity contribution is 5.71. The van der Waals surface area contributed by atoms with Crippen LogP contribution in [0.1, 0.15) is 387 Å². The second-order valence-corrected chi connectivity index (χ2v) is 23.8. The van der Waals surface area contributed by atoms with Crippen molar-refractivity contribution in [1.82, 2.24) is 0 Å². The Morgan fingerprint density at radius 1 is 0.256 bits per heavy atom. The normalized spacial score (nSPS) is 12.2. The summed E-state index contributed by atoms with van der Waals surface area (Å²) in [5.41, 5.74) is 0. The lowest BCUT2D eigenvalue weighted by atomic mass is 10.0. The van der Waals surface area contributed by atoms with Crippen LogP contribution in [0.2, 0.25) is 0 Å². The SMILES string of the molecule is CCCCCCC/C=C\C/C=C\C/C=C\CCCCCCCCCCCCCCCCC(=O)OCC(COC(=O)CCCCCCCCCCCCCCC)OC(=O)CCCCCCCCCCCCCCCCCCCC. The summed E-state index contributed by atoms with van der Waals surface area (Å²) in [4.78, 5) is 38.4. The lowest BCUT2D eigenvalue weighted by molar-refractivity contribution is -0.167. The predicted molar refractivity (Wildman–Crippen MR) is 339 cm³/mol. The van der Waals surface area contributed by atoms with Crippen LogP contribution in [0.3, 0.4) is 0 Å². The van der Waals surface area contributed by atoms with Gasteiger partial charge in [0.15, 0.2) is 6.10 Å². The second kappa shape index (κ2) is 67.1. The van der Waals surface area contributed by atoms with Gasteiger partial charge in [0.05, 0.1) is 0 Å². The van der Waals surface area contributed by atoms with Crippen LogP contribution in [0.5, 0.6) is 0 Å². The van der Waals surface area contributed by atoms with Crippen molar-refractivity contribution in [3.8, 4) is 0 Å². The molecule has 1 atom stereocenters. The molecular weight excluding hydrogens is 961 g/mol. The van der Waals surface area contributed by atoms with Crippen molar-refractivity contribution in [1.29, 1.82) is 0 Å². The molecule has 0 aromatic heterocycles. The van der Waals surface area contributed by atoms with Crippen LogP contribution in [0.25, 0.3) is 0 Å². The van der Waals surface area contributed by atoms with Gasteiger partial charge in [-0.2, -0.15) is 0 Å². The minimum Gasteiger partial charge on any atom is -0.462 e.